The van der Waals surface area contributed by atoms with Gasteiger partial charge in [0.2, 0.25) is 0 Å². The van der Waals surface area contributed by atoms with E-state index in [1.54, 1.807) is 4.57 Å². The third-order valence-corrected chi connectivity index (χ3v) is 6.60. The number of hydrogen-bond acceptors (Lipinski definition) is 4. The second-order valence-electron chi connectivity index (χ2n) is 7.55. The van der Waals surface area contributed by atoms with Crippen molar-refractivity contribution in [1.82, 2.24) is 14.3 Å². The topological polar surface area (TPSA) is 93.1 Å². The summed E-state index contributed by atoms with van der Waals surface area (Å²) in [5.41, 5.74) is 5.70. The van der Waals surface area contributed by atoms with Crippen LogP contribution in [0.25, 0.3) is 0 Å². The van der Waals surface area contributed by atoms with Crippen LogP contribution in [-0.4, -0.2) is 24.0 Å². The summed E-state index contributed by atoms with van der Waals surface area (Å²) in [6.45, 7) is 3.85. The zero-order valence-electron chi connectivity index (χ0n) is 15.6. The van der Waals surface area contributed by atoms with E-state index in [9.17, 15) is 13.2 Å². The number of imidazole rings is 1. The molecule has 2 aliphatic rings. The van der Waals surface area contributed by atoms with E-state index in [0.29, 0.717) is 0 Å². The van der Waals surface area contributed by atoms with E-state index in [0.717, 1.165) is 55.3 Å². The zero-order chi connectivity index (χ0) is 19.2. The predicted octanol–water partition coefficient (Wildman–Crippen LogP) is 2.95. The van der Waals surface area contributed by atoms with Gasteiger partial charge in [0.25, 0.3) is 10.0 Å². The van der Waals surface area contributed by atoms with Crippen LogP contribution in [0.3, 0.4) is 0 Å². The molecule has 0 saturated heterocycles. The summed E-state index contributed by atoms with van der Waals surface area (Å²) < 4.78 is 28.8. The average molecular weight is 388 g/mol. The summed E-state index contributed by atoms with van der Waals surface area (Å²) in [5, 5.41) is 2.68. The Hall–Kier alpha value is -2.35. The number of carbonyl (C=O) groups is 1. The third kappa shape index (κ3) is 3.34. The Balaban J connectivity index is 1.57. The molecule has 0 unspecified atom stereocenters. The van der Waals surface area contributed by atoms with Gasteiger partial charge < -0.3 is 9.88 Å². The summed E-state index contributed by atoms with van der Waals surface area (Å²) in [5.74, 6) is 0. The standard InChI is InChI=1S/C19H24N4O3S/c1-12(2)23-10-17(20-11-23)27(25,26)22-19(24)21-18-15-7-3-5-13(15)9-14-6-4-8-16(14)18/h9-12H,3-8H2,1-2H3,(H2,21,22,24). The largest absolute Gasteiger partial charge is 0.334 e. The van der Waals surface area contributed by atoms with Gasteiger partial charge in [-0.2, -0.15) is 8.42 Å². The summed E-state index contributed by atoms with van der Waals surface area (Å²) in [6, 6.07) is 1.62. The van der Waals surface area contributed by atoms with E-state index >= 15 is 0 Å². The second kappa shape index (κ2) is 6.67. The molecule has 2 aliphatic carbocycles. The van der Waals surface area contributed by atoms with E-state index in [-0.39, 0.29) is 11.1 Å². The number of sulfonamides is 1. The Morgan fingerprint density at radius 3 is 2.30 bits per heavy atom. The highest BCUT2D eigenvalue weighted by Crippen LogP contribution is 2.38. The zero-order valence-corrected chi connectivity index (χ0v) is 16.4. The molecule has 7 nitrogen and oxygen atoms in total. The van der Waals surface area contributed by atoms with Crippen molar-refractivity contribution in [3.05, 3.63) is 40.8 Å². The lowest BCUT2D eigenvalue weighted by molar-refractivity contribution is 0.256. The molecular weight excluding hydrogens is 364 g/mol. The maximum atomic E-state index is 12.5. The first kappa shape index (κ1) is 18.0. The third-order valence-electron chi connectivity index (χ3n) is 5.39. The fourth-order valence-corrected chi connectivity index (χ4v) is 4.87. The smallest absolute Gasteiger partial charge is 0.333 e. The summed E-state index contributed by atoms with van der Waals surface area (Å²) >= 11 is 0. The number of nitrogens with one attached hydrogen (secondary N) is 2. The number of fused-ring (bicyclic) bond motifs is 2. The molecule has 0 aliphatic heterocycles. The van der Waals surface area contributed by atoms with Crippen LogP contribution in [0.15, 0.2) is 23.6 Å². The maximum Gasteiger partial charge on any atom is 0.333 e. The predicted molar refractivity (Wildman–Crippen MR) is 102 cm³/mol. The molecule has 0 fully saturated rings. The SMILES string of the molecule is CC(C)n1cnc(S(=O)(=O)NC(=O)Nc2c3c(cc4c2CCC4)CCC3)c1. The summed E-state index contributed by atoms with van der Waals surface area (Å²) in [7, 11) is -4.01. The number of anilines is 1. The quantitative estimate of drug-likeness (QED) is 0.842. The second-order valence-corrected chi connectivity index (χ2v) is 9.18. The van der Waals surface area contributed by atoms with Crippen LogP contribution in [-0.2, 0) is 35.7 Å². The minimum absolute atomic E-state index is 0.0878. The maximum absolute atomic E-state index is 12.5. The van der Waals surface area contributed by atoms with E-state index in [1.807, 2.05) is 13.8 Å². The summed E-state index contributed by atoms with van der Waals surface area (Å²) in [4.78, 5) is 16.4. The summed E-state index contributed by atoms with van der Waals surface area (Å²) in [6.07, 6.45) is 8.90. The minimum Gasteiger partial charge on any atom is -0.334 e. The lowest BCUT2D eigenvalue weighted by Gasteiger charge is -2.16. The Bertz CT molecular complexity index is 976. The molecule has 2 aromatic rings. The molecule has 0 saturated carbocycles. The van der Waals surface area contributed by atoms with Crippen molar-refractivity contribution >= 4 is 21.7 Å². The first-order valence-electron chi connectivity index (χ1n) is 9.39. The van der Waals surface area contributed by atoms with Crippen molar-refractivity contribution in [3.8, 4) is 0 Å². The van der Waals surface area contributed by atoms with Gasteiger partial charge in [0, 0.05) is 17.9 Å². The van der Waals surface area contributed by atoms with E-state index in [1.165, 1.54) is 23.7 Å². The Labute approximate surface area is 159 Å². The van der Waals surface area contributed by atoms with Crippen molar-refractivity contribution < 1.29 is 13.2 Å². The molecule has 8 heteroatoms. The molecule has 4 rings (SSSR count). The van der Waals surface area contributed by atoms with Crippen molar-refractivity contribution in [1.29, 1.82) is 0 Å². The molecule has 144 valence electrons. The van der Waals surface area contributed by atoms with Gasteiger partial charge in [-0.05, 0) is 74.6 Å². The van der Waals surface area contributed by atoms with Gasteiger partial charge in [-0.3, -0.25) is 0 Å². The Morgan fingerprint density at radius 1 is 1.11 bits per heavy atom. The Kier molecular flexibility index (Phi) is 4.46. The highest BCUT2D eigenvalue weighted by atomic mass is 32.2. The minimum atomic E-state index is -4.01. The molecule has 1 heterocycles. The van der Waals surface area contributed by atoms with Gasteiger partial charge in [-0.1, -0.05) is 6.07 Å². The average Bonchev–Trinajstić information content (AvgIpc) is 3.34. The fourth-order valence-electron chi connectivity index (χ4n) is 4.02. The molecule has 2 amide bonds. The van der Waals surface area contributed by atoms with E-state index in [4.69, 9.17) is 0 Å². The van der Waals surface area contributed by atoms with Gasteiger partial charge in [0.05, 0.1) is 6.33 Å². The molecule has 0 radical (unpaired) electrons. The van der Waals surface area contributed by atoms with Crippen LogP contribution in [0.1, 0.15) is 55.0 Å². The molecule has 0 bridgehead atoms. The first-order valence-corrected chi connectivity index (χ1v) is 10.9. The number of urea groups is 1. The lowest BCUT2D eigenvalue weighted by atomic mass is 9.99. The number of aryl methyl sites for hydroxylation is 2. The lowest BCUT2D eigenvalue weighted by Crippen LogP contribution is -2.35. The van der Waals surface area contributed by atoms with Crippen molar-refractivity contribution in [2.75, 3.05) is 5.32 Å². The number of amides is 2. The number of hydrogen-bond donors (Lipinski definition) is 2. The van der Waals surface area contributed by atoms with Crippen LogP contribution in [0.2, 0.25) is 0 Å². The molecule has 1 aromatic heterocycles. The van der Waals surface area contributed by atoms with Crippen molar-refractivity contribution in [3.63, 3.8) is 0 Å². The highest BCUT2D eigenvalue weighted by Gasteiger charge is 2.27. The van der Waals surface area contributed by atoms with Crippen LogP contribution >= 0.6 is 0 Å². The van der Waals surface area contributed by atoms with E-state index < -0.39 is 16.1 Å². The molecule has 0 atom stereocenters. The van der Waals surface area contributed by atoms with Crippen LogP contribution < -0.4 is 10.0 Å². The fraction of sp³-hybridized carbons (Fsp3) is 0.474. The monoisotopic (exact) mass is 388 g/mol. The normalized spacial score (nSPS) is 15.7. The van der Waals surface area contributed by atoms with Gasteiger partial charge in [0.15, 0.2) is 5.03 Å². The Morgan fingerprint density at radius 2 is 1.74 bits per heavy atom. The number of nitrogens with zero attached hydrogens (tertiary/aromatic N) is 2. The van der Waals surface area contributed by atoms with Crippen LogP contribution in [0, 0.1) is 0 Å². The first-order chi connectivity index (χ1) is 12.8. The molecule has 2 N–H and O–H groups in total. The van der Waals surface area contributed by atoms with Crippen molar-refractivity contribution in [2.24, 2.45) is 0 Å². The molecule has 27 heavy (non-hydrogen) atoms. The molecule has 0 spiro atoms. The van der Waals surface area contributed by atoms with Crippen LogP contribution in [0.5, 0.6) is 0 Å². The van der Waals surface area contributed by atoms with Crippen molar-refractivity contribution in [2.45, 2.75) is 63.4 Å². The van der Waals surface area contributed by atoms with Gasteiger partial charge in [-0.15, -0.1) is 0 Å². The number of benzene rings is 1. The number of rotatable bonds is 4. The van der Waals surface area contributed by atoms with E-state index in [2.05, 4.69) is 21.1 Å². The molecular formula is C19H24N4O3S. The van der Waals surface area contributed by atoms with Crippen LogP contribution in [0.4, 0.5) is 10.5 Å². The van der Waals surface area contributed by atoms with Gasteiger partial charge in [-0.25, -0.2) is 14.5 Å². The van der Waals surface area contributed by atoms with Gasteiger partial charge >= 0.3 is 6.03 Å². The number of aromatic nitrogens is 2. The molecule has 1 aromatic carbocycles. The highest BCUT2D eigenvalue weighted by molar-refractivity contribution is 7.90. The van der Waals surface area contributed by atoms with Gasteiger partial charge in [0.1, 0.15) is 0 Å². The number of carbonyl (C=O) groups excluding carboxylic acids is 1.